The van der Waals surface area contributed by atoms with Crippen LogP contribution in [0.1, 0.15) is 37.9 Å². The second-order valence-corrected chi connectivity index (χ2v) is 5.93. The van der Waals surface area contributed by atoms with E-state index in [0.717, 1.165) is 11.3 Å². The summed E-state index contributed by atoms with van der Waals surface area (Å²) in [4.78, 5) is 5.43. The van der Waals surface area contributed by atoms with Crippen LogP contribution < -0.4 is 5.32 Å². The number of likely N-dealkylation sites (N-methyl/N-ethyl adjacent to an activating group) is 1. The summed E-state index contributed by atoms with van der Waals surface area (Å²) in [5, 5.41) is 7.27. The van der Waals surface area contributed by atoms with Crippen molar-refractivity contribution in [3.8, 4) is 0 Å². The third-order valence-corrected chi connectivity index (χ3v) is 4.48. The maximum atomic E-state index is 12.8. The molecule has 21 heavy (non-hydrogen) atoms. The first-order chi connectivity index (χ1) is 10.1. The van der Waals surface area contributed by atoms with Crippen LogP contribution in [-0.4, -0.2) is 23.2 Å². The van der Waals surface area contributed by atoms with Crippen LogP contribution in [0.4, 0.5) is 4.39 Å². The Balaban J connectivity index is 1.95. The molecule has 6 heteroatoms. The van der Waals surface area contributed by atoms with Gasteiger partial charge in [-0.1, -0.05) is 19.0 Å². The van der Waals surface area contributed by atoms with E-state index in [1.807, 2.05) is 7.05 Å². The third-order valence-electron chi connectivity index (χ3n) is 3.47. The van der Waals surface area contributed by atoms with Gasteiger partial charge in [0.15, 0.2) is 5.82 Å². The maximum absolute atomic E-state index is 12.8. The zero-order chi connectivity index (χ0) is 15.2. The molecule has 114 valence electrons. The van der Waals surface area contributed by atoms with E-state index in [1.54, 1.807) is 23.9 Å². The highest BCUT2D eigenvalue weighted by Gasteiger charge is 2.21. The standard InChI is InChI=1S/C15H20FN3OS/c1-4-13(17-3)10(2)15-18-14(19-20-15)9-21-12-7-5-11(16)6-8-12/h5-8,10,13,17H,4,9H2,1-3H3. The van der Waals surface area contributed by atoms with Gasteiger partial charge in [-0.15, -0.1) is 11.8 Å². The lowest BCUT2D eigenvalue weighted by atomic mass is 10.00. The van der Waals surface area contributed by atoms with E-state index in [2.05, 4.69) is 29.3 Å². The Morgan fingerprint density at radius 2 is 2.05 bits per heavy atom. The molecule has 2 unspecified atom stereocenters. The van der Waals surface area contributed by atoms with Gasteiger partial charge in [0, 0.05) is 10.9 Å². The number of nitrogens with zero attached hydrogens (tertiary/aromatic N) is 2. The Bertz CT molecular complexity index is 554. The Morgan fingerprint density at radius 3 is 2.67 bits per heavy atom. The summed E-state index contributed by atoms with van der Waals surface area (Å²) in [7, 11) is 1.94. The van der Waals surface area contributed by atoms with Crippen molar-refractivity contribution in [1.82, 2.24) is 15.5 Å². The number of benzene rings is 1. The minimum absolute atomic E-state index is 0.178. The Morgan fingerprint density at radius 1 is 1.33 bits per heavy atom. The summed E-state index contributed by atoms with van der Waals surface area (Å²) >= 11 is 1.56. The molecular formula is C15H20FN3OS. The number of rotatable bonds is 7. The van der Waals surface area contributed by atoms with Crippen molar-refractivity contribution < 1.29 is 8.91 Å². The number of nitrogens with one attached hydrogen (secondary N) is 1. The van der Waals surface area contributed by atoms with Crippen LogP contribution in [0.3, 0.4) is 0 Å². The van der Waals surface area contributed by atoms with E-state index in [4.69, 9.17) is 4.52 Å². The molecule has 0 bridgehead atoms. The van der Waals surface area contributed by atoms with E-state index in [-0.39, 0.29) is 11.7 Å². The van der Waals surface area contributed by atoms with Gasteiger partial charge in [0.05, 0.1) is 11.7 Å². The van der Waals surface area contributed by atoms with Crippen molar-refractivity contribution >= 4 is 11.8 Å². The molecule has 2 aromatic rings. The van der Waals surface area contributed by atoms with Gasteiger partial charge in [0.2, 0.25) is 5.89 Å². The summed E-state index contributed by atoms with van der Waals surface area (Å²) in [6.07, 6.45) is 1.000. The van der Waals surface area contributed by atoms with Crippen molar-refractivity contribution in [2.24, 2.45) is 0 Å². The second-order valence-electron chi connectivity index (χ2n) is 4.88. The molecule has 1 N–H and O–H groups in total. The monoisotopic (exact) mass is 309 g/mol. The minimum Gasteiger partial charge on any atom is -0.339 e. The molecule has 1 heterocycles. The number of aromatic nitrogens is 2. The van der Waals surface area contributed by atoms with Gasteiger partial charge in [0.25, 0.3) is 0 Å². The number of thioether (sulfide) groups is 1. The molecule has 0 amide bonds. The van der Waals surface area contributed by atoms with Crippen LogP contribution in [-0.2, 0) is 5.75 Å². The quantitative estimate of drug-likeness (QED) is 0.792. The summed E-state index contributed by atoms with van der Waals surface area (Å²) in [5.74, 6) is 1.88. The smallest absolute Gasteiger partial charge is 0.231 e. The fraction of sp³-hybridized carbons (Fsp3) is 0.467. The first kappa shape index (κ1) is 16.0. The van der Waals surface area contributed by atoms with Crippen LogP contribution in [0.25, 0.3) is 0 Å². The number of hydrogen-bond acceptors (Lipinski definition) is 5. The lowest BCUT2D eigenvalue weighted by molar-refractivity contribution is 0.324. The SMILES string of the molecule is CCC(NC)C(C)c1nc(CSc2ccc(F)cc2)no1. The minimum atomic E-state index is -0.229. The van der Waals surface area contributed by atoms with E-state index in [0.29, 0.717) is 23.5 Å². The lowest BCUT2D eigenvalue weighted by Gasteiger charge is -2.18. The van der Waals surface area contributed by atoms with Crippen LogP contribution in [0, 0.1) is 5.82 Å². The summed E-state index contributed by atoms with van der Waals surface area (Å²) in [5.41, 5.74) is 0. The molecule has 0 fully saturated rings. The van der Waals surface area contributed by atoms with Crippen molar-refractivity contribution in [3.63, 3.8) is 0 Å². The Labute approximate surface area is 128 Å². The molecule has 0 saturated carbocycles. The molecule has 2 atom stereocenters. The van der Waals surface area contributed by atoms with Crippen molar-refractivity contribution in [3.05, 3.63) is 41.8 Å². The van der Waals surface area contributed by atoms with Gasteiger partial charge < -0.3 is 9.84 Å². The summed E-state index contributed by atoms with van der Waals surface area (Å²) in [6.45, 7) is 4.20. The van der Waals surface area contributed by atoms with E-state index < -0.39 is 0 Å². The van der Waals surface area contributed by atoms with E-state index in [1.165, 1.54) is 12.1 Å². The van der Waals surface area contributed by atoms with E-state index >= 15 is 0 Å². The molecule has 4 nitrogen and oxygen atoms in total. The second kappa shape index (κ2) is 7.56. The van der Waals surface area contributed by atoms with Crippen LogP contribution in [0.15, 0.2) is 33.7 Å². The third kappa shape index (κ3) is 4.28. The first-order valence-corrected chi connectivity index (χ1v) is 8.00. The van der Waals surface area contributed by atoms with Crippen LogP contribution in [0.5, 0.6) is 0 Å². The number of hydrogen-bond donors (Lipinski definition) is 1. The average Bonchev–Trinajstić information content (AvgIpc) is 2.97. The van der Waals surface area contributed by atoms with Crippen molar-refractivity contribution in [2.45, 2.75) is 42.9 Å². The average molecular weight is 309 g/mol. The van der Waals surface area contributed by atoms with Gasteiger partial charge in [-0.2, -0.15) is 4.98 Å². The highest BCUT2D eigenvalue weighted by molar-refractivity contribution is 7.98. The van der Waals surface area contributed by atoms with Gasteiger partial charge >= 0.3 is 0 Å². The van der Waals surface area contributed by atoms with Gasteiger partial charge in [-0.25, -0.2) is 4.39 Å². The maximum Gasteiger partial charge on any atom is 0.231 e. The molecule has 0 radical (unpaired) electrons. The molecule has 1 aromatic carbocycles. The van der Waals surface area contributed by atoms with Gasteiger partial charge in [-0.3, -0.25) is 0 Å². The largest absolute Gasteiger partial charge is 0.339 e. The van der Waals surface area contributed by atoms with Crippen LogP contribution >= 0.6 is 11.8 Å². The van der Waals surface area contributed by atoms with Crippen molar-refractivity contribution in [2.75, 3.05) is 7.05 Å². The summed E-state index contributed by atoms with van der Waals surface area (Å²) in [6, 6.07) is 6.72. The predicted molar refractivity (Wildman–Crippen MR) is 81.8 cm³/mol. The fourth-order valence-corrected chi connectivity index (χ4v) is 2.91. The molecule has 0 aliphatic carbocycles. The molecule has 0 aliphatic heterocycles. The molecule has 0 spiro atoms. The molecule has 0 aliphatic rings. The Kier molecular flexibility index (Phi) is 5.76. The van der Waals surface area contributed by atoms with Crippen LogP contribution in [0.2, 0.25) is 0 Å². The van der Waals surface area contributed by atoms with E-state index in [9.17, 15) is 4.39 Å². The van der Waals surface area contributed by atoms with Gasteiger partial charge in [-0.05, 0) is 37.7 Å². The molecule has 0 saturated heterocycles. The highest BCUT2D eigenvalue weighted by Crippen LogP contribution is 2.24. The fourth-order valence-electron chi connectivity index (χ4n) is 2.17. The zero-order valence-corrected chi connectivity index (χ0v) is 13.3. The number of halogens is 1. The lowest BCUT2D eigenvalue weighted by Crippen LogP contribution is -2.30. The van der Waals surface area contributed by atoms with Crippen molar-refractivity contribution in [1.29, 1.82) is 0 Å². The summed E-state index contributed by atoms with van der Waals surface area (Å²) < 4.78 is 18.2. The first-order valence-electron chi connectivity index (χ1n) is 7.02. The zero-order valence-electron chi connectivity index (χ0n) is 12.5. The predicted octanol–water partition coefficient (Wildman–Crippen LogP) is 3.60. The normalized spacial score (nSPS) is 14.1. The van der Waals surface area contributed by atoms with Gasteiger partial charge in [0.1, 0.15) is 5.82 Å². The highest BCUT2D eigenvalue weighted by atomic mass is 32.2. The molecule has 2 rings (SSSR count). The molecular weight excluding hydrogens is 289 g/mol. The topological polar surface area (TPSA) is 51.0 Å². The Hall–Kier alpha value is -1.40. The molecule has 1 aromatic heterocycles.